The summed E-state index contributed by atoms with van der Waals surface area (Å²) >= 11 is 4.92. The van der Waals surface area contributed by atoms with Crippen LogP contribution in [0.25, 0.3) is 0 Å². The number of allylic oxidation sites excluding steroid dienone is 2. The highest BCUT2D eigenvalue weighted by atomic mass is 32.1. The lowest BCUT2D eigenvalue weighted by molar-refractivity contribution is -0.137. The van der Waals surface area contributed by atoms with E-state index in [2.05, 4.69) is 19.9 Å². The number of nitrogens with zero attached hydrogens (tertiary/aromatic N) is 3. The minimum Gasteiger partial charge on any atom is -0.491 e. The Balaban J connectivity index is 1.63. The Morgan fingerprint density at radius 2 is 1.30 bits per heavy atom. The van der Waals surface area contributed by atoms with Gasteiger partial charge in [-0.1, -0.05) is 109 Å². The first-order valence-electron chi connectivity index (χ1n) is 19.9. The van der Waals surface area contributed by atoms with E-state index < -0.39 is 22.9 Å². The number of hydrogen-bond donors (Lipinski definition) is 1. The maximum Gasteiger partial charge on any atom is 0.336 e. The third-order valence-electron chi connectivity index (χ3n) is 10.6. The molecule has 2 aliphatic rings. The summed E-state index contributed by atoms with van der Waals surface area (Å²) in [5.74, 6) is -0.498. The fourth-order valence-corrected chi connectivity index (χ4v) is 8.16. The Morgan fingerprint density at radius 3 is 1.83 bits per heavy atom. The highest BCUT2D eigenvalue weighted by molar-refractivity contribution is 7.81. The van der Waals surface area contributed by atoms with Crippen LogP contribution in [0.4, 0.5) is 0 Å². The fourth-order valence-electron chi connectivity index (χ4n) is 7.80. The molecular weight excluding hydrogens is 683 g/mol. The molecule has 2 aromatic carbocycles. The Bertz CT molecular complexity index is 1670. The molecule has 0 radical (unpaired) electrons. The molecule has 290 valence electrons. The van der Waals surface area contributed by atoms with Crippen LogP contribution in [0.15, 0.2) is 75.0 Å². The smallest absolute Gasteiger partial charge is 0.336 e. The van der Waals surface area contributed by atoms with E-state index in [0.29, 0.717) is 34.2 Å². The molecule has 53 heavy (non-hydrogen) atoms. The molecule has 0 N–H and O–H groups in total. The maximum atomic E-state index is 13.9. The second kappa shape index (κ2) is 20.2. The van der Waals surface area contributed by atoms with Crippen molar-refractivity contribution >= 4 is 24.6 Å². The van der Waals surface area contributed by atoms with Crippen LogP contribution < -0.4 is 15.5 Å². The summed E-state index contributed by atoms with van der Waals surface area (Å²) in [6.45, 7) is 12.6. The lowest BCUT2D eigenvalue weighted by Gasteiger charge is -2.40. The standard InChI is InChI=1S/C44H63N3O5S/c1-9-10-11-12-13-14-15-16-22-31(4)23-17-18-24-34-25-21-28-37(52-30(2)3)40(34)41-38(42(48)50-7)32(5)47(33(6)39(41)43(49)51-8)29-44(53)45-35-26-19-20-27-36(35)46-44/h19-21,25-28,30-31,41,53H,9-18,22-24,29H2,1-8H3. The predicted molar refractivity (Wildman–Crippen MR) is 216 cm³/mol. The zero-order valence-corrected chi connectivity index (χ0v) is 34.4. The first-order valence-corrected chi connectivity index (χ1v) is 20.3. The van der Waals surface area contributed by atoms with Gasteiger partial charge in [0, 0.05) is 17.0 Å². The van der Waals surface area contributed by atoms with E-state index in [1.807, 2.05) is 69.0 Å². The van der Waals surface area contributed by atoms with Crippen LogP contribution >= 0.6 is 12.6 Å². The van der Waals surface area contributed by atoms with Crippen LogP contribution in [-0.4, -0.2) is 48.7 Å². The van der Waals surface area contributed by atoms with Gasteiger partial charge in [-0.05, 0) is 70.2 Å². The minimum absolute atomic E-state index is 0.129. The molecular formula is C44H63N3O5S. The van der Waals surface area contributed by atoms with Crippen molar-refractivity contribution in [1.29, 1.82) is 0 Å². The van der Waals surface area contributed by atoms with Crippen molar-refractivity contribution in [1.82, 2.24) is 4.90 Å². The van der Waals surface area contributed by atoms with Crippen molar-refractivity contribution in [2.45, 2.75) is 142 Å². The Hall–Kier alpha value is -3.59. The van der Waals surface area contributed by atoms with Crippen LogP contribution in [-0.2, 0) is 25.5 Å². The summed E-state index contributed by atoms with van der Waals surface area (Å²) in [5, 5.41) is 1.49. The molecule has 0 fully saturated rings. The normalized spacial score (nSPS) is 16.0. The average molecular weight is 746 g/mol. The molecule has 9 heteroatoms. The second-order valence-electron chi connectivity index (χ2n) is 15.1. The highest BCUT2D eigenvalue weighted by Crippen LogP contribution is 2.48. The molecule has 2 heterocycles. The SMILES string of the molecule is CCCCCCCCCCC(C)CCCCc1cccc(OC(C)C)c1C1C(C(=O)OC)=C(C)N(CC2(S)N=c3ccccc3=N2)C(C)=C1C(=O)OC. The van der Waals surface area contributed by atoms with Gasteiger partial charge in [-0.15, -0.1) is 12.6 Å². The number of fused-ring (bicyclic) bond motifs is 1. The van der Waals surface area contributed by atoms with Crippen molar-refractivity contribution in [2.75, 3.05) is 20.8 Å². The van der Waals surface area contributed by atoms with Gasteiger partial charge in [-0.3, -0.25) is 0 Å². The van der Waals surface area contributed by atoms with E-state index in [4.69, 9.17) is 36.8 Å². The molecule has 4 rings (SSSR count). The first-order chi connectivity index (χ1) is 25.4. The minimum atomic E-state index is -1.14. The summed E-state index contributed by atoms with van der Waals surface area (Å²) in [7, 11) is 2.75. The van der Waals surface area contributed by atoms with E-state index in [-0.39, 0.29) is 12.6 Å². The number of unbranched alkanes of at least 4 members (excludes halogenated alkanes) is 8. The zero-order chi connectivity index (χ0) is 38.5. The molecule has 2 aliphatic heterocycles. The van der Waals surface area contributed by atoms with Crippen LogP contribution in [0.1, 0.15) is 136 Å². The zero-order valence-electron chi connectivity index (χ0n) is 33.5. The number of esters is 2. The van der Waals surface area contributed by atoms with Crippen molar-refractivity contribution < 1.29 is 23.8 Å². The van der Waals surface area contributed by atoms with E-state index in [0.717, 1.165) is 41.1 Å². The third-order valence-corrected chi connectivity index (χ3v) is 10.9. The van der Waals surface area contributed by atoms with Crippen molar-refractivity contribution in [3.05, 3.63) is 86.8 Å². The molecule has 0 bridgehead atoms. The molecule has 0 aliphatic carbocycles. The number of ether oxygens (including phenoxy) is 3. The molecule has 1 unspecified atom stereocenters. The van der Waals surface area contributed by atoms with Gasteiger partial charge in [-0.2, -0.15) is 0 Å². The summed E-state index contributed by atoms with van der Waals surface area (Å²) < 4.78 is 17.4. The van der Waals surface area contributed by atoms with Gasteiger partial charge < -0.3 is 19.1 Å². The van der Waals surface area contributed by atoms with Crippen LogP contribution in [0.3, 0.4) is 0 Å². The van der Waals surface area contributed by atoms with Crippen molar-refractivity contribution in [2.24, 2.45) is 15.9 Å². The highest BCUT2D eigenvalue weighted by Gasteiger charge is 2.44. The number of carbonyl (C=O) groups excluding carboxylic acids is 2. The Labute approximate surface area is 323 Å². The molecule has 8 nitrogen and oxygen atoms in total. The van der Waals surface area contributed by atoms with Crippen LogP contribution in [0, 0.1) is 5.92 Å². The van der Waals surface area contributed by atoms with Gasteiger partial charge in [0.15, 0.2) is 0 Å². The molecule has 0 aromatic heterocycles. The van der Waals surface area contributed by atoms with Crippen LogP contribution in [0.5, 0.6) is 5.75 Å². The van der Waals surface area contributed by atoms with Gasteiger partial charge in [0.1, 0.15) is 5.75 Å². The monoisotopic (exact) mass is 745 g/mol. The second-order valence-corrected chi connectivity index (χ2v) is 15.8. The number of rotatable bonds is 21. The van der Waals surface area contributed by atoms with Gasteiger partial charge in [0.25, 0.3) is 0 Å². The lowest BCUT2D eigenvalue weighted by Crippen LogP contribution is -2.41. The summed E-state index contributed by atoms with van der Waals surface area (Å²) in [5.41, 5.74) is 3.83. The summed E-state index contributed by atoms with van der Waals surface area (Å²) in [6, 6.07) is 13.7. The number of thiol groups is 1. The molecule has 1 atom stereocenters. The van der Waals surface area contributed by atoms with E-state index in [1.54, 1.807) is 0 Å². The predicted octanol–water partition coefficient (Wildman–Crippen LogP) is 9.18. The van der Waals surface area contributed by atoms with Crippen molar-refractivity contribution in [3.8, 4) is 5.75 Å². The van der Waals surface area contributed by atoms with E-state index in [1.165, 1.54) is 78.4 Å². The summed E-state index contributed by atoms with van der Waals surface area (Å²) in [6.07, 6.45) is 16.0. The van der Waals surface area contributed by atoms with Crippen LogP contribution in [0.2, 0.25) is 0 Å². The fraction of sp³-hybridized carbons (Fsp3) is 0.591. The van der Waals surface area contributed by atoms with E-state index >= 15 is 0 Å². The number of hydrogen-bond acceptors (Lipinski definition) is 9. The van der Waals surface area contributed by atoms with Gasteiger partial charge in [-0.25, -0.2) is 19.6 Å². The largest absolute Gasteiger partial charge is 0.491 e. The topological polar surface area (TPSA) is 89.8 Å². The number of methoxy groups -OCH3 is 2. The van der Waals surface area contributed by atoms with E-state index in [9.17, 15) is 9.59 Å². The van der Waals surface area contributed by atoms with Crippen molar-refractivity contribution in [3.63, 3.8) is 0 Å². The Morgan fingerprint density at radius 1 is 0.774 bits per heavy atom. The molecule has 0 spiro atoms. The number of benzene rings is 2. The first kappa shape index (κ1) is 42.2. The molecule has 0 saturated carbocycles. The summed E-state index contributed by atoms with van der Waals surface area (Å²) in [4.78, 5) is 38.3. The van der Waals surface area contributed by atoms with Gasteiger partial charge in [0.05, 0.1) is 54.6 Å². The number of carbonyl (C=O) groups is 2. The third kappa shape index (κ3) is 11.0. The lowest BCUT2D eigenvalue weighted by atomic mass is 9.76. The molecule has 0 saturated heterocycles. The molecule has 2 aromatic rings. The Kier molecular flexibility index (Phi) is 16.1. The number of aryl methyl sites for hydroxylation is 1. The molecule has 0 amide bonds. The number of para-hydroxylation sites is 2. The average Bonchev–Trinajstić information content (AvgIpc) is 3.48. The van der Waals surface area contributed by atoms with Gasteiger partial charge >= 0.3 is 11.9 Å². The quantitative estimate of drug-likeness (QED) is 0.0779. The maximum absolute atomic E-state index is 13.9. The van der Waals surface area contributed by atoms with Gasteiger partial charge in [0.2, 0.25) is 4.99 Å².